The third kappa shape index (κ3) is 3.62. The summed E-state index contributed by atoms with van der Waals surface area (Å²) in [6.45, 7) is 4.54. The van der Waals surface area contributed by atoms with Crippen molar-refractivity contribution in [1.29, 1.82) is 0 Å². The second-order valence-electron chi connectivity index (χ2n) is 6.71. The molecule has 1 fully saturated rings. The van der Waals surface area contributed by atoms with Gasteiger partial charge in [-0.15, -0.1) is 0 Å². The van der Waals surface area contributed by atoms with Crippen molar-refractivity contribution in [3.05, 3.63) is 54.4 Å². The van der Waals surface area contributed by atoms with Gasteiger partial charge < -0.3 is 20.1 Å². The summed E-state index contributed by atoms with van der Waals surface area (Å²) >= 11 is 0. The molecule has 1 aromatic heterocycles. The van der Waals surface area contributed by atoms with Crippen molar-refractivity contribution >= 4 is 34.2 Å². The highest BCUT2D eigenvalue weighted by Crippen LogP contribution is 2.19. The van der Waals surface area contributed by atoms with Gasteiger partial charge in [-0.2, -0.15) is 0 Å². The summed E-state index contributed by atoms with van der Waals surface area (Å²) < 4.78 is 0. The Hall–Kier alpha value is -3.35. The molecular weight excluding hydrogens is 342 g/mol. The van der Waals surface area contributed by atoms with Crippen LogP contribution in [0.25, 0.3) is 11.0 Å². The normalized spacial score (nSPS) is 14.4. The number of amides is 2. The minimum atomic E-state index is -0.613. The second-order valence-corrected chi connectivity index (χ2v) is 6.71. The fourth-order valence-corrected chi connectivity index (χ4v) is 3.33. The maximum atomic E-state index is 12.5. The molecule has 1 aliphatic rings. The summed E-state index contributed by atoms with van der Waals surface area (Å²) in [4.78, 5) is 35.8. The van der Waals surface area contributed by atoms with E-state index in [9.17, 15) is 9.59 Å². The predicted molar refractivity (Wildman–Crippen MR) is 105 cm³/mol. The number of carbonyl (C=O) groups is 2. The highest BCUT2D eigenvalue weighted by atomic mass is 16.2. The lowest BCUT2D eigenvalue weighted by atomic mass is 10.2. The number of rotatable bonds is 2. The third-order valence-corrected chi connectivity index (χ3v) is 4.81. The molecular formula is C20H21N5O2. The molecule has 3 aromatic rings. The minimum absolute atomic E-state index is 0.497. The number of benzene rings is 2. The number of hydrogen-bond acceptors (Lipinski definition) is 4. The monoisotopic (exact) mass is 363 g/mol. The van der Waals surface area contributed by atoms with Gasteiger partial charge in [-0.1, -0.05) is 12.1 Å². The average Bonchev–Trinajstić information content (AvgIpc) is 3.15. The van der Waals surface area contributed by atoms with E-state index in [1.807, 2.05) is 6.07 Å². The van der Waals surface area contributed by atoms with E-state index in [0.29, 0.717) is 31.9 Å². The molecule has 1 aliphatic heterocycles. The van der Waals surface area contributed by atoms with E-state index in [1.165, 1.54) is 5.56 Å². The molecule has 1 saturated heterocycles. The van der Waals surface area contributed by atoms with Gasteiger partial charge in [-0.05, 0) is 42.8 Å². The fourth-order valence-electron chi connectivity index (χ4n) is 3.33. The van der Waals surface area contributed by atoms with Crippen LogP contribution in [-0.4, -0.2) is 52.9 Å². The minimum Gasteiger partial charge on any atom is -0.368 e. The van der Waals surface area contributed by atoms with Gasteiger partial charge in [-0.25, -0.2) is 4.98 Å². The lowest BCUT2D eigenvalue weighted by Crippen LogP contribution is -2.51. The van der Waals surface area contributed by atoms with Crippen LogP contribution in [0.5, 0.6) is 0 Å². The zero-order chi connectivity index (χ0) is 18.8. The number of fused-ring (bicyclic) bond motifs is 1. The van der Waals surface area contributed by atoms with Crippen molar-refractivity contribution in [2.24, 2.45) is 0 Å². The van der Waals surface area contributed by atoms with Crippen molar-refractivity contribution in [3.63, 3.8) is 0 Å². The van der Waals surface area contributed by atoms with Gasteiger partial charge in [0.05, 0.1) is 17.4 Å². The summed E-state index contributed by atoms with van der Waals surface area (Å²) in [5, 5.41) is 2.68. The molecule has 7 nitrogen and oxygen atoms in total. The van der Waals surface area contributed by atoms with Gasteiger partial charge in [0.15, 0.2) is 0 Å². The van der Waals surface area contributed by atoms with Crippen LogP contribution in [0.3, 0.4) is 0 Å². The maximum Gasteiger partial charge on any atom is 0.313 e. The number of nitrogens with one attached hydrogen (secondary N) is 2. The fraction of sp³-hybridized carbons (Fsp3) is 0.250. The summed E-state index contributed by atoms with van der Waals surface area (Å²) in [5.74, 6) is -1.11. The quantitative estimate of drug-likeness (QED) is 0.684. The molecule has 0 radical (unpaired) electrons. The topological polar surface area (TPSA) is 81.3 Å². The number of carbonyl (C=O) groups excluding carboxylic acids is 2. The van der Waals surface area contributed by atoms with Crippen molar-refractivity contribution < 1.29 is 9.59 Å². The number of H-pyrrole nitrogens is 1. The van der Waals surface area contributed by atoms with Gasteiger partial charge in [0, 0.05) is 37.6 Å². The Morgan fingerprint density at radius 3 is 2.67 bits per heavy atom. The number of aromatic nitrogens is 2. The molecule has 0 unspecified atom stereocenters. The molecule has 4 rings (SSSR count). The molecule has 2 N–H and O–H groups in total. The zero-order valence-corrected chi connectivity index (χ0v) is 15.1. The highest BCUT2D eigenvalue weighted by Gasteiger charge is 2.26. The molecule has 0 spiro atoms. The Morgan fingerprint density at radius 2 is 1.89 bits per heavy atom. The number of hydrogen-bond donors (Lipinski definition) is 2. The molecule has 138 valence electrons. The van der Waals surface area contributed by atoms with Gasteiger partial charge in [0.1, 0.15) is 0 Å². The standard InChI is InChI=1S/C20H21N5O2/c1-14-3-2-4-16(11-14)24-7-9-25(10-8-24)20(27)19(26)23-15-5-6-17-18(12-15)22-13-21-17/h2-6,11-13H,7-10H2,1H3,(H,21,22)(H,23,26). The van der Waals surface area contributed by atoms with E-state index >= 15 is 0 Å². The van der Waals surface area contributed by atoms with Crippen LogP contribution in [0.15, 0.2) is 48.8 Å². The number of piperazine rings is 1. The summed E-state index contributed by atoms with van der Waals surface area (Å²) in [7, 11) is 0. The first-order valence-corrected chi connectivity index (χ1v) is 8.95. The van der Waals surface area contributed by atoms with Crippen LogP contribution in [-0.2, 0) is 9.59 Å². The van der Waals surface area contributed by atoms with E-state index in [4.69, 9.17) is 0 Å². The Balaban J connectivity index is 1.36. The van der Waals surface area contributed by atoms with Crippen molar-refractivity contribution in [2.45, 2.75) is 6.92 Å². The number of imidazole rings is 1. The molecule has 2 heterocycles. The van der Waals surface area contributed by atoms with Crippen molar-refractivity contribution in [2.75, 3.05) is 36.4 Å². The van der Waals surface area contributed by atoms with Crippen LogP contribution in [0.2, 0.25) is 0 Å². The Bertz CT molecular complexity index is 989. The van der Waals surface area contributed by atoms with Gasteiger partial charge >= 0.3 is 11.8 Å². The Kier molecular flexibility index (Phi) is 4.50. The largest absolute Gasteiger partial charge is 0.368 e. The third-order valence-electron chi connectivity index (χ3n) is 4.81. The molecule has 0 saturated carbocycles. The van der Waals surface area contributed by atoms with E-state index in [0.717, 1.165) is 16.7 Å². The highest BCUT2D eigenvalue weighted by molar-refractivity contribution is 6.39. The lowest BCUT2D eigenvalue weighted by Gasteiger charge is -2.35. The smallest absolute Gasteiger partial charge is 0.313 e. The molecule has 2 amide bonds. The number of nitrogens with zero attached hydrogens (tertiary/aromatic N) is 3. The Morgan fingerprint density at radius 1 is 1.07 bits per heavy atom. The first kappa shape index (κ1) is 17.1. The number of aryl methyl sites for hydroxylation is 1. The van der Waals surface area contributed by atoms with E-state index in [-0.39, 0.29) is 0 Å². The van der Waals surface area contributed by atoms with Crippen LogP contribution in [0.1, 0.15) is 5.56 Å². The van der Waals surface area contributed by atoms with Gasteiger partial charge in [0.2, 0.25) is 0 Å². The summed E-state index contributed by atoms with van der Waals surface area (Å²) in [6, 6.07) is 13.6. The number of aromatic amines is 1. The SMILES string of the molecule is Cc1cccc(N2CCN(C(=O)C(=O)Nc3ccc4nc[nH]c4c3)CC2)c1. The van der Waals surface area contributed by atoms with Gasteiger partial charge in [-0.3, -0.25) is 9.59 Å². The van der Waals surface area contributed by atoms with Crippen molar-refractivity contribution in [1.82, 2.24) is 14.9 Å². The summed E-state index contributed by atoms with van der Waals surface area (Å²) in [6.07, 6.45) is 1.59. The van der Waals surface area contributed by atoms with Crippen LogP contribution in [0, 0.1) is 6.92 Å². The number of anilines is 2. The van der Waals surface area contributed by atoms with Gasteiger partial charge in [0.25, 0.3) is 0 Å². The molecule has 0 atom stereocenters. The molecule has 7 heteroatoms. The van der Waals surface area contributed by atoms with Crippen LogP contribution >= 0.6 is 0 Å². The average molecular weight is 363 g/mol. The summed E-state index contributed by atoms with van der Waals surface area (Å²) in [5.41, 5.74) is 4.56. The van der Waals surface area contributed by atoms with Crippen molar-refractivity contribution in [3.8, 4) is 0 Å². The molecule has 2 aromatic carbocycles. The van der Waals surface area contributed by atoms with E-state index < -0.39 is 11.8 Å². The van der Waals surface area contributed by atoms with Crippen LogP contribution < -0.4 is 10.2 Å². The van der Waals surface area contributed by atoms with E-state index in [2.05, 4.69) is 45.3 Å². The maximum absolute atomic E-state index is 12.5. The predicted octanol–water partition coefficient (Wildman–Crippen LogP) is 2.16. The zero-order valence-electron chi connectivity index (χ0n) is 15.1. The first-order chi connectivity index (χ1) is 13.1. The lowest BCUT2D eigenvalue weighted by molar-refractivity contribution is -0.143. The van der Waals surface area contributed by atoms with E-state index in [1.54, 1.807) is 29.4 Å². The molecule has 0 aliphatic carbocycles. The second kappa shape index (κ2) is 7.11. The molecule has 27 heavy (non-hydrogen) atoms. The Labute approximate surface area is 157 Å². The first-order valence-electron chi connectivity index (χ1n) is 8.95. The van der Waals surface area contributed by atoms with Crippen LogP contribution in [0.4, 0.5) is 11.4 Å². The molecule has 0 bridgehead atoms.